The molecule has 0 atom stereocenters. The molecule has 0 aliphatic carbocycles. The van der Waals surface area contributed by atoms with E-state index in [9.17, 15) is 14.4 Å². The van der Waals surface area contributed by atoms with Crippen LogP contribution in [0, 0.1) is 0 Å². The standard InChI is InChI=1S/C15H16N2O5S/c1-21-12(18)7-8-17-14(20)10-5-3-4-6-11(10)16-15(17)23-9-13(19)22-2/h3-6H,7-9H2,1-2H3. The van der Waals surface area contributed by atoms with E-state index in [0.29, 0.717) is 16.1 Å². The Morgan fingerprint density at radius 3 is 2.57 bits per heavy atom. The van der Waals surface area contributed by atoms with Gasteiger partial charge in [-0.3, -0.25) is 19.0 Å². The summed E-state index contributed by atoms with van der Waals surface area (Å²) in [6.45, 7) is 0.132. The Balaban J connectivity index is 2.41. The molecule has 0 aliphatic rings. The molecule has 0 N–H and O–H groups in total. The minimum absolute atomic E-state index is 0.0273. The lowest BCUT2D eigenvalue weighted by atomic mass is 10.2. The normalized spacial score (nSPS) is 10.5. The quantitative estimate of drug-likeness (QED) is 0.445. The first kappa shape index (κ1) is 17.0. The number of carbonyl (C=O) groups is 2. The van der Waals surface area contributed by atoms with Crippen molar-refractivity contribution in [3.63, 3.8) is 0 Å². The second-order valence-electron chi connectivity index (χ2n) is 4.56. The fourth-order valence-corrected chi connectivity index (χ4v) is 2.80. The van der Waals surface area contributed by atoms with Gasteiger partial charge in [-0.05, 0) is 12.1 Å². The van der Waals surface area contributed by atoms with E-state index in [1.54, 1.807) is 24.3 Å². The van der Waals surface area contributed by atoms with Crippen LogP contribution in [0.25, 0.3) is 10.9 Å². The molecule has 1 heterocycles. The zero-order chi connectivity index (χ0) is 16.8. The van der Waals surface area contributed by atoms with Gasteiger partial charge in [0, 0.05) is 6.54 Å². The van der Waals surface area contributed by atoms with Gasteiger partial charge in [0.05, 0.1) is 37.3 Å². The topological polar surface area (TPSA) is 87.5 Å². The van der Waals surface area contributed by atoms with E-state index in [1.807, 2.05) is 0 Å². The number of fused-ring (bicyclic) bond motifs is 1. The fraction of sp³-hybridized carbons (Fsp3) is 0.333. The number of nitrogens with zero attached hydrogens (tertiary/aromatic N) is 2. The smallest absolute Gasteiger partial charge is 0.316 e. The number of hydrogen-bond acceptors (Lipinski definition) is 7. The summed E-state index contributed by atoms with van der Waals surface area (Å²) in [5.41, 5.74) is 0.283. The first-order chi connectivity index (χ1) is 11.1. The second-order valence-corrected chi connectivity index (χ2v) is 5.50. The fourth-order valence-electron chi connectivity index (χ4n) is 1.94. The molecule has 122 valence electrons. The van der Waals surface area contributed by atoms with Crippen LogP contribution < -0.4 is 5.56 Å². The molecule has 0 radical (unpaired) electrons. The molecule has 2 aromatic rings. The molecule has 0 unspecified atom stereocenters. The van der Waals surface area contributed by atoms with E-state index < -0.39 is 11.9 Å². The number of thioether (sulfide) groups is 1. The Morgan fingerprint density at radius 2 is 1.87 bits per heavy atom. The van der Waals surface area contributed by atoms with Gasteiger partial charge in [0.15, 0.2) is 5.16 Å². The molecule has 2 rings (SSSR count). The highest BCUT2D eigenvalue weighted by molar-refractivity contribution is 7.99. The van der Waals surface area contributed by atoms with E-state index in [4.69, 9.17) is 0 Å². The van der Waals surface area contributed by atoms with Crippen molar-refractivity contribution < 1.29 is 19.1 Å². The SMILES string of the molecule is COC(=O)CCn1c(SCC(=O)OC)nc2ccccc2c1=O. The molecule has 0 saturated carbocycles. The third kappa shape index (κ3) is 4.10. The van der Waals surface area contributed by atoms with Crippen molar-refractivity contribution in [1.82, 2.24) is 9.55 Å². The third-order valence-electron chi connectivity index (χ3n) is 3.14. The van der Waals surface area contributed by atoms with Gasteiger partial charge in [-0.2, -0.15) is 0 Å². The molecular weight excluding hydrogens is 320 g/mol. The van der Waals surface area contributed by atoms with Crippen LogP contribution in [0.2, 0.25) is 0 Å². The maximum absolute atomic E-state index is 12.6. The van der Waals surface area contributed by atoms with E-state index in [1.165, 1.54) is 18.8 Å². The van der Waals surface area contributed by atoms with Crippen LogP contribution in [0.3, 0.4) is 0 Å². The molecule has 7 nitrogen and oxygen atoms in total. The van der Waals surface area contributed by atoms with Crippen LogP contribution >= 0.6 is 11.8 Å². The number of aromatic nitrogens is 2. The van der Waals surface area contributed by atoms with Gasteiger partial charge >= 0.3 is 11.9 Å². The summed E-state index contributed by atoms with van der Waals surface area (Å²) in [6, 6.07) is 6.93. The zero-order valence-corrected chi connectivity index (χ0v) is 13.6. The lowest BCUT2D eigenvalue weighted by Gasteiger charge is -2.12. The Bertz CT molecular complexity index is 787. The largest absolute Gasteiger partial charge is 0.469 e. The maximum Gasteiger partial charge on any atom is 0.316 e. The highest BCUT2D eigenvalue weighted by Gasteiger charge is 2.14. The Morgan fingerprint density at radius 1 is 1.17 bits per heavy atom. The van der Waals surface area contributed by atoms with Crippen molar-refractivity contribution in [3.05, 3.63) is 34.6 Å². The van der Waals surface area contributed by atoms with Crippen LogP contribution in [-0.4, -0.2) is 41.5 Å². The molecule has 0 bridgehead atoms. The molecule has 0 amide bonds. The number of hydrogen-bond donors (Lipinski definition) is 0. The summed E-state index contributed by atoms with van der Waals surface area (Å²) >= 11 is 1.09. The number of ether oxygens (including phenoxy) is 2. The van der Waals surface area contributed by atoms with Gasteiger partial charge < -0.3 is 9.47 Å². The molecule has 8 heteroatoms. The van der Waals surface area contributed by atoms with Crippen LogP contribution in [0.1, 0.15) is 6.42 Å². The molecule has 0 aliphatic heterocycles. The summed E-state index contributed by atoms with van der Waals surface area (Å²) in [6.07, 6.45) is 0.0439. The Labute approximate surface area is 136 Å². The van der Waals surface area contributed by atoms with E-state index in [0.717, 1.165) is 11.8 Å². The average molecular weight is 336 g/mol. The van der Waals surface area contributed by atoms with Crippen molar-refractivity contribution in [2.24, 2.45) is 0 Å². The second kappa shape index (κ2) is 7.77. The summed E-state index contributed by atoms with van der Waals surface area (Å²) in [7, 11) is 2.58. The van der Waals surface area contributed by atoms with Crippen molar-refractivity contribution >= 4 is 34.6 Å². The van der Waals surface area contributed by atoms with Crippen LogP contribution in [0.5, 0.6) is 0 Å². The summed E-state index contributed by atoms with van der Waals surface area (Å²) < 4.78 is 10.6. The molecule has 0 fully saturated rings. The molecule has 0 saturated heterocycles. The first-order valence-electron chi connectivity index (χ1n) is 6.83. The monoisotopic (exact) mass is 336 g/mol. The molecule has 1 aromatic heterocycles. The van der Waals surface area contributed by atoms with Gasteiger partial charge in [0.25, 0.3) is 5.56 Å². The number of methoxy groups -OCH3 is 2. The number of esters is 2. The lowest BCUT2D eigenvalue weighted by Crippen LogP contribution is -2.25. The van der Waals surface area contributed by atoms with Crippen LogP contribution in [-0.2, 0) is 25.6 Å². The maximum atomic E-state index is 12.6. The van der Waals surface area contributed by atoms with Crippen molar-refractivity contribution in [2.75, 3.05) is 20.0 Å². The summed E-state index contributed by atoms with van der Waals surface area (Å²) in [5.74, 6) is -0.814. The zero-order valence-electron chi connectivity index (χ0n) is 12.8. The molecule has 0 spiro atoms. The molecule has 23 heavy (non-hydrogen) atoms. The van der Waals surface area contributed by atoms with E-state index in [-0.39, 0.29) is 24.3 Å². The predicted octanol–water partition coefficient (Wildman–Crippen LogP) is 1.22. The van der Waals surface area contributed by atoms with Crippen molar-refractivity contribution in [3.8, 4) is 0 Å². The highest BCUT2D eigenvalue weighted by atomic mass is 32.2. The van der Waals surface area contributed by atoms with Crippen LogP contribution in [0.15, 0.2) is 34.2 Å². The average Bonchev–Trinajstić information content (AvgIpc) is 2.58. The van der Waals surface area contributed by atoms with Crippen LogP contribution in [0.4, 0.5) is 0 Å². The highest BCUT2D eigenvalue weighted by Crippen LogP contribution is 2.18. The Hall–Kier alpha value is -2.35. The van der Waals surface area contributed by atoms with E-state index >= 15 is 0 Å². The number of para-hydroxylation sites is 1. The number of carbonyl (C=O) groups excluding carboxylic acids is 2. The number of rotatable bonds is 6. The number of benzene rings is 1. The van der Waals surface area contributed by atoms with Gasteiger partial charge in [0.1, 0.15) is 0 Å². The van der Waals surface area contributed by atoms with Crippen molar-refractivity contribution in [1.29, 1.82) is 0 Å². The first-order valence-corrected chi connectivity index (χ1v) is 7.81. The van der Waals surface area contributed by atoms with Gasteiger partial charge in [-0.1, -0.05) is 23.9 Å². The van der Waals surface area contributed by atoms with Crippen molar-refractivity contribution in [2.45, 2.75) is 18.1 Å². The van der Waals surface area contributed by atoms with Gasteiger partial charge in [-0.15, -0.1) is 0 Å². The molecule has 1 aromatic carbocycles. The summed E-state index contributed by atoms with van der Waals surface area (Å²) in [5, 5.41) is 0.822. The Kier molecular flexibility index (Phi) is 5.75. The van der Waals surface area contributed by atoms with Gasteiger partial charge in [0.2, 0.25) is 0 Å². The molecular formula is C15H16N2O5S. The van der Waals surface area contributed by atoms with E-state index in [2.05, 4.69) is 14.5 Å². The minimum Gasteiger partial charge on any atom is -0.469 e. The lowest BCUT2D eigenvalue weighted by molar-refractivity contribution is -0.141. The van der Waals surface area contributed by atoms with Gasteiger partial charge in [-0.25, -0.2) is 4.98 Å². The third-order valence-corrected chi connectivity index (χ3v) is 4.09. The summed E-state index contributed by atoms with van der Waals surface area (Å²) in [4.78, 5) is 39.7. The minimum atomic E-state index is -0.422. The predicted molar refractivity (Wildman–Crippen MR) is 85.4 cm³/mol.